The maximum absolute atomic E-state index is 13.2. The molecule has 1 aromatic carbocycles. The predicted molar refractivity (Wildman–Crippen MR) is 95.7 cm³/mol. The fourth-order valence-electron chi connectivity index (χ4n) is 2.16. The van der Waals surface area contributed by atoms with Crippen molar-refractivity contribution in [3.63, 3.8) is 0 Å². The number of nitrogens with zero attached hydrogens (tertiary/aromatic N) is 4. The molecule has 0 radical (unpaired) electrons. The minimum Gasteiger partial charge on any atom is -0.305 e. The van der Waals surface area contributed by atoms with Gasteiger partial charge in [-0.15, -0.1) is 10.2 Å². The Bertz CT molecular complexity index is 927. The second-order valence-electron chi connectivity index (χ2n) is 5.09. The first-order chi connectivity index (χ1) is 11.9. The van der Waals surface area contributed by atoms with Crippen molar-refractivity contribution in [2.24, 2.45) is 7.05 Å². The molecule has 0 N–H and O–H groups in total. The van der Waals surface area contributed by atoms with Crippen molar-refractivity contribution in [3.05, 3.63) is 58.1 Å². The van der Waals surface area contributed by atoms with Crippen molar-refractivity contribution >= 4 is 40.7 Å². The summed E-state index contributed by atoms with van der Waals surface area (Å²) in [5.41, 5.74) is 0.992. The largest absolute Gasteiger partial charge is 0.305 e. The topological polar surface area (TPSA) is 60.7 Å². The molecule has 0 aliphatic rings. The lowest BCUT2D eigenvalue weighted by Gasteiger charge is -2.05. The van der Waals surface area contributed by atoms with Gasteiger partial charge in [0.1, 0.15) is 16.1 Å². The molecule has 0 fully saturated rings. The molecule has 2 heterocycles. The van der Waals surface area contributed by atoms with E-state index in [9.17, 15) is 9.18 Å². The number of Topliss-reactive ketones (excluding diaryl/α,β-unsaturated/α-hetero) is 1. The summed E-state index contributed by atoms with van der Waals surface area (Å²) in [6, 6.07) is 8.85. The smallest absolute Gasteiger partial charge is 0.191 e. The number of thioether (sulfide) groups is 1. The highest BCUT2D eigenvalue weighted by Crippen LogP contribution is 2.26. The zero-order chi connectivity index (χ0) is 18.0. The lowest BCUT2D eigenvalue weighted by atomic mass is 10.1. The van der Waals surface area contributed by atoms with Crippen LogP contribution >= 0.6 is 35.0 Å². The highest BCUT2D eigenvalue weighted by atomic mass is 35.5. The molecule has 0 atom stereocenters. The molecule has 0 amide bonds. The van der Waals surface area contributed by atoms with E-state index in [1.807, 2.05) is 0 Å². The van der Waals surface area contributed by atoms with Gasteiger partial charge < -0.3 is 4.57 Å². The summed E-state index contributed by atoms with van der Waals surface area (Å²) >= 11 is 13.0. The van der Waals surface area contributed by atoms with Gasteiger partial charge in [-0.1, -0.05) is 47.1 Å². The Morgan fingerprint density at radius 2 is 1.92 bits per heavy atom. The summed E-state index contributed by atoms with van der Waals surface area (Å²) in [5, 5.41) is 9.23. The Labute approximate surface area is 157 Å². The van der Waals surface area contributed by atoms with E-state index >= 15 is 0 Å². The second-order valence-corrected chi connectivity index (χ2v) is 6.81. The fraction of sp³-hybridized carbons (Fsp3) is 0.125. The molecule has 0 bridgehead atoms. The Morgan fingerprint density at radius 3 is 2.60 bits per heavy atom. The third kappa shape index (κ3) is 4.18. The molecule has 3 rings (SSSR count). The molecule has 0 aliphatic heterocycles. The van der Waals surface area contributed by atoms with Crippen LogP contribution in [0.25, 0.3) is 11.4 Å². The molecule has 5 nitrogen and oxygen atoms in total. The van der Waals surface area contributed by atoms with Gasteiger partial charge in [-0.05, 0) is 24.3 Å². The molecule has 0 spiro atoms. The molecule has 2 aromatic heterocycles. The Kier molecular flexibility index (Phi) is 5.36. The van der Waals surface area contributed by atoms with Gasteiger partial charge in [-0.2, -0.15) is 0 Å². The number of benzene rings is 1. The van der Waals surface area contributed by atoms with Gasteiger partial charge in [0, 0.05) is 18.2 Å². The zero-order valence-corrected chi connectivity index (χ0v) is 15.2. The van der Waals surface area contributed by atoms with E-state index in [1.54, 1.807) is 29.8 Å². The molecule has 128 valence electrons. The van der Waals surface area contributed by atoms with Gasteiger partial charge in [0.2, 0.25) is 0 Å². The predicted octanol–water partition coefficient (Wildman–Crippen LogP) is 4.30. The molecule has 0 aliphatic carbocycles. The highest BCUT2D eigenvalue weighted by Gasteiger charge is 2.15. The number of aromatic nitrogens is 4. The van der Waals surface area contributed by atoms with Crippen LogP contribution in [-0.2, 0) is 7.05 Å². The van der Waals surface area contributed by atoms with Crippen LogP contribution in [0, 0.1) is 5.82 Å². The average molecular weight is 397 g/mol. The first-order valence-electron chi connectivity index (χ1n) is 7.08. The van der Waals surface area contributed by atoms with E-state index in [-0.39, 0.29) is 21.8 Å². The summed E-state index contributed by atoms with van der Waals surface area (Å²) in [4.78, 5) is 16.0. The monoisotopic (exact) mass is 396 g/mol. The summed E-state index contributed by atoms with van der Waals surface area (Å²) in [7, 11) is 1.77. The van der Waals surface area contributed by atoms with E-state index in [1.165, 1.54) is 30.0 Å². The normalized spacial score (nSPS) is 10.9. The van der Waals surface area contributed by atoms with Crippen molar-refractivity contribution in [2.75, 3.05) is 5.75 Å². The quantitative estimate of drug-likeness (QED) is 0.365. The van der Waals surface area contributed by atoms with Crippen LogP contribution < -0.4 is 0 Å². The number of hydrogen-bond donors (Lipinski definition) is 0. The number of hydrogen-bond acceptors (Lipinski definition) is 5. The van der Waals surface area contributed by atoms with Gasteiger partial charge in [0.25, 0.3) is 0 Å². The van der Waals surface area contributed by atoms with Crippen LogP contribution in [0.4, 0.5) is 4.39 Å². The van der Waals surface area contributed by atoms with Crippen LogP contribution in [0.5, 0.6) is 0 Å². The Morgan fingerprint density at radius 1 is 1.20 bits per heavy atom. The van der Waals surface area contributed by atoms with Crippen molar-refractivity contribution in [1.29, 1.82) is 0 Å². The van der Waals surface area contributed by atoms with Crippen LogP contribution in [0.3, 0.4) is 0 Å². The highest BCUT2D eigenvalue weighted by molar-refractivity contribution is 7.99. The summed E-state index contributed by atoms with van der Waals surface area (Å²) in [6.07, 6.45) is 0. The number of carbonyl (C=O) groups is 1. The van der Waals surface area contributed by atoms with Gasteiger partial charge >= 0.3 is 0 Å². The first-order valence-corrected chi connectivity index (χ1v) is 8.82. The van der Waals surface area contributed by atoms with Gasteiger partial charge in [0.05, 0.1) is 5.75 Å². The van der Waals surface area contributed by atoms with Crippen LogP contribution in [-0.4, -0.2) is 31.3 Å². The van der Waals surface area contributed by atoms with Gasteiger partial charge in [0.15, 0.2) is 16.8 Å². The Balaban J connectivity index is 1.76. The maximum atomic E-state index is 13.2. The maximum Gasteiger partial charge on any atom is 0.191 e. The van der Waals surface area contributed by atoms with E-state index < -0.39 is 5.82 Å². The minimum absolute atomic E-state index is 0.118. The molecule has 0 saturated carbocycles. The number of rotatable bonds is 5. The van der Waals surface area contributed by atoms with E-state index in [2.05, 4.69) is 15.2 Å². The molecule has 0 unspecified atom stereocenters. The third-order valence-corrected chi connectivity index (χ3v) is 4.74. The number of halogens is 3. The molecule has 0 saturated heterocycles. The van der Waals surface area contributed by atoms with Gasteiger partial charge in [-0.3, -0.25) is 4.79 Å². The molecular formula is C16H11Cl2FN4OS. The van der Waals surface area contributed by atoms with Gasteiger partial charge in [-0.25, -0.2) is 9.37 Å². The summed E-state index contributed by atoms with van der Waals surface area (Å²) < 4.78 is 14.9. The lowest BCUT2D eigenvalue weighted by molar-refractivity contribution is 0.102. The number of ketones is 1. The Hall–Kier alpha value is -1.96. The average Bonchev–Trinajstić information content (AvgIpc) is 2.92. The molecule has 9 heteroatoms. The zero-order valence-electron chi connectivity index (χ0n) is 12.9. The number of carbonyl (C=O) groups excluding carboxylic acids is 1. The molecular weight excluding hydrogens is 386 g/mol. The third-order valence-electron chi connectivity index (χ3n) is 3.33. The minimum atomic E-state index is -0.441. The van der Waals surface area contributed by atoms with Crippen molar-refractivity contribution < 1.29 is 9.18 Å². The SMILES string of the molecule is Cn1c(SCC(=O)c2cccc(F)c2)nnc1-c1cc(Cl)nc(Cl)c1. The fourth-order valence-corrected chi connectivity index (χ4v) is 3.43. The van der Waals surface area contributed by atoms with Crippen molar-refractivity contribution in [2.45, 2.75) is 5.16 Å². The van der Waals surface area contributed by atoms with Crippen LogP contribution in [0.2, 0.25) is 10.3 Å². The van der Waals surface area contributed by atoms with Crippen LogP contribution in [0.1, 0.15) is 10.4 Å². The number of pyridine rings is 1. The summed E-state index contributed by atoms with van der Waals surface area (Å²) in [5.74, 6) is 0.0343. The standard InChI is InChI=1S/C16H11Cl2FN4OS/c1-23-15(10-6-13(17)20-14(18)7-10)21-22-16(23)25-8-12(24)9-3-2-4-11(19)5-9/h2-7H,8H2,1H3. The van der Waals surface area contributed by atoms with E-state index in [0.717, 1.165) is 0 Å². The van der Waals surface area contributed by atoms with E-state index in [4.69, 9.17) is 23.2 Å². The lowest BCUT2D eigenvalue weighted by Crippen LogP contribution is -2.04. The van der Waals surface area contributed by atoms with E-state index in [0.29, 0.717) is 22.1 Å². The second kappa shape index (κ2) is 7.51. The van der Waals surface area contributed by atoms with Crippen molar-refractivity contribution in [3.8, 4) is 11.4 Å². The van der Waals surface area contributed by atoms with Crippen molar-refractivity contribution in [1.82, 2.24) is 19.7 Å². The molecule has 25 heavy (non-hydrogen) atoms. The van der Waals surface area contributed by atoms with Crippen LogP contribution in [0.15, 0.2) is 41.6 Å². The first kappa shape index (κ1) is 17.8. The summed E-state index contributed by atoms with van der Waals surface area (Å²) in [6.45, 7) is 0. The molecule has 3 aromatic rings.